The molecule has 150 valence electrons. The van der Waals surface area contributed by atoms with Crippen molar-refractivity contribution in [3.05, 3.63) is 48.5 Å². The van der Waals surface area contributed by atoms with E-state index in [9.17, 15) is 19.6 Å². The summed E-state index contributed by atoms with van der Waals surface area (Å²) in [7, 11) is 0. The number of imide groups is 1. The molecule has 1 aromatic heterocycles. The molecule has 1 aromatic carbocycles. The van der Waals surface area contributed by atoms with Crippen molar-refractivity contribution in [1.29, 1.82) is 0 Å². The molecule has 1 atom stereocenters. The van der Waals surface area contributed by atoms with Crippen molar-refractivity contribution in [1.82, 2.24) is 19.6 Å². The average molecular weight is 387 g/mol. The number of rotatable bonds is 10. The summed E-state index contributed by atoms with van der Waals surface area (Å²) in [6, 6.07) is 6.57. The molecule has 28 heavy (non-hydrogen) atoms. The van der Waals surface area contributed by atoms with E-state index in [-0.39, 0.29) is 18.5 Å². The summed E-state index contributed by atoms with van der Waals surface area (Å²) in [6.45, 7) is 1.80. The standard InChI is InChI=1S/C19H25N5O4/c1-2-3-4-5-16(12-23(28)14-25)19(27)24(20)18(26)15-6-8-17(9-7-15)22-11-10-21-13-22/h6-11,13-14,16,28H,2-5,12,20H2,1H3/t16-/m1/s1. The van der Waals surface area contributed by atoms with Crippen LogP contribution in [0.3, 0.4) is 0 Å². The highest BCUT2D eigenvalue weighted by Crippen LogP contribution is 2.16. The first-order chi connectivity index (χ1) is 13.5. The molecule has 0 saturated heterocycles. The van der Waals surface area contributed by atoms with Crippen LogP contribution in [0.5, 0.6) is 0 Å². The molecule has 1 heterocycles. The Morgan fingerprint density at radius 2 is 2.00 bits per heavy atom. The van der Waals surface area contributed by atoms with E-state index in [0.29, 0.717) is 16.5 Å². The maximum Gasteiger partial charge on any atom is 0.274 e. The van der Waals surface area contributed by atoms with Crippen molar-refractivity contribution in [3.63, 3.8) is 0 Å². The van der Waals surface area contributed by atoms with Crippen LogP contribution in [-0.4, -0.2) is 49.6 Å². The Morgan fingerprint density at radius 3 is 2.57 bits per heavy atom. The summed E-state index contributed by atoms with van der Waals surface area (Å²) in [5.41, 5.74) is 1.06. The summed E-state index contributed by atoms with van der Waals surface area (Å²) in [5, 5.41) is 10.4. The zero-order valence-corrected chi connectivity index (χ0v) is 15.8. The maximum absolute atomic E-state index is 12.7. The highest BCUT2D eigenvalue weighted by Gasteiger charge is 2.28. The van der Waals surface area contributed by atoms with E-state index in [1.807, 2.05) is 6.92 Å². The summed E-state index contributed by atoms with van der Waals surface area (Å²) in [6.07, 6.45) is 8.24. The van der Waals surface area contributed by atoms with E-state index < -0.39 is 17.7 Å². The fourth-order valence-electron chi connectivity index (χ4n) is 2.83. The molecule has 0 saturated carbocycles. The van der Waals surface area contributed by atoms with Gasteiger partial charge in [-0.1, -0.05) is 26.2 Å². The quantitative estimate of drug-likeness (QED) is 0.160. The minimum atomic E-state index is -0.763. The van der Waals surface area contributed by atoms with Gasteiger partial charge < -0.3 is 4.57 Å². The number of aromatic nitrogens is 2. The van der Waals surface area contributed by atoms with Gasteiger partial charge >= 0.3 is 0 Å². The van der Waals surface area contributed by atoms with Crippen molar-refractivity contribution in [2.45, 2.75) is 32.6 Å². The van der Waals surface area contributed by atoms with Crippen LogP contribution in [-0.2, 0) is 9.59 Å². The van der Waals surface area contributed by atoms with Crippen LogP contribution in [0.2, 0.25) is 0 Å². The number of hydrazine groups is 1. The second-order valence-corrected chi connectivity index (χ2v) is 6.45. The van der Waals surface area contributed by atoms with E-state index >= 15 is 0 Å². The minimum absolute atomic E-state index is 0.216. The number of unbranched alkanes of at least 4 members (excludes halogenated alkanes) is 2. The molecule has 2 rings (SSSR count). The third-order valence-electron chi connectivity index (χ3n) is 4.41. The second-order valence-electron chi connectivity index (χ2n) is 6.45. The molecule has 0 spiro atoms. The fraction of sp³-hybridized carbons (Fsp3) is 0.368. The summed E-state index contributed by atoms with van der Waals surface area (Å²) in [5.74, 6) is 3.72. The summed E-state index contributed by atoms with van der Waals surface area (Å²) < 4.78 is 1.78. The molecule has 3 amide bonds. The van der Waals surface area contributed by atoms with Crippen LogP contribution in [0.25, 0.3) is 5.69 Å². The van der Waals surface area contributed by atoms with Gasteiger partial charge in [-0.3, -0.25) is 19.6 Å². The summed E-state index contributed by atoms with van der Waals surface area (Å²) in [4.78, 5) is 39.9. The second kappa shape index (κ2) is 10.3. The van der Waals surface area contributed by atoms with Crippen molar-refractivity contribution in [2.24, 2.45) is 11.8 Å². The lowest BCUT2D eigenvalue weighted by Gasteiger charge is -2.23. The van der Waals surface area contributed by atoms with Crippen molar-refractivity contribution in [3.8, 4) is 5.69 Å². The van der Waals surface area contributed by atoms with Gasteiger partial charge in [0.1, 0.15) is 0 Å². The zero-order valence-electron chi connectivity index (χ0n) is 15.8. The SMILES string of the molecule is CCCCC[C@H](CN(O)C=O)C(=O)N(N)C(=O)c1ccc(-n2ccnc2)cc1. The smallest absolute Gasteiger partial charge is 0.274 e. The van der Waals surface area contributed by atoms with Crippen molar-refractivity contribution < 1.29 is 19.6 Å². The molecule has 0 unspecified atom stereocenters. The third kappa shape index (κ3) is 5.48. The number of hydrogen-bond donors (Lipinski definition) is 2. The van der Waals surface area contributed by atoms with Crippen LogP contribution in [0.4, 0.5) is 0 Å². The molecule has 9 nitrogen and oxygen atoms in total. The van der Waals surface area contributed by atoms with Gasteiger partial charge in [0, 0.05) is 23.6 Å². The average Bonchev–Trinajstić information content (AvgIpc) is 3.26. The molecule has 0 radical (unpaired) electrons. The van der Waals surface area contributed by atoms with Crippen molar-refractivity contribution in [2.75, 3.05) is 6.54 Å². The van der Waals surface area contributed by atoms with E-state index in [4.69, 9.17) is 5.84 Å². The fourth-order valence-corrected chi connectivity index (χ4v) is 2.83. The number of imidazole rings is 1. The van der Waals surface area contributed by atoms with Gasteiger partial charge in [-0.05, 0) is 30.7 Å². The molecule has 3 N–H and O–H groups in total. The predicted molar refractivity (Wildman–Crippen MR) is 101 cm³/mol. The lowest BCUT2D eigenvalue weighted by molar-refractivity contribution is -0.156. The number of nitrogens with zero attached hydrogens (tertiary/aromatic N) is 4. The molecule has 0 bridgehead atoms. The lowest BCUT2D eigenvalue weighted by atomic mass is 9.99. The van der Waals surface area contributed by atoms with Crippen LogP contribution in [0.15, 0.2) is 43.0 Å². The minimum Gasteiger partial charge on any atom is -0.306 e. The summed E-state index contributed by atoms with van der Waals surface area (Å²) >= 11 is 0. The number of hydroxylamine groups is 2. The number of nitrogens with two attached hydrogens (primary N) is 1. The van der Waals surface area contributed by atoms with Crippen LogP contribution in [0, 0.1) is 5.92 Å². The molecule has 0 aliphatic heterocycles. The lowest BCUT2D eigenvalue weighted by Crippen LogP contribution is -2.48. The molecular weight excluding hydrogens is 362 g/mol. The third-order valence-corrected chi connectivity index (χ3v) is 4.41. The Morgan fingerprint density at radius 1 is 1.29 bits per heavy atom. The highest BCUT2D eigenvalue weighted by molar-refractivity contribution is 6.04. The van der Waals surface area contributed by atoms with Gasteiger partial charge in [0.05, 0.1) is 18.8 Å². The Bertz CT molecular complexity index is 776. The molecule has 0 aliphatic carbocycles. The predicted octanol–water partition coefficient (Wildman–Crippen LogP) is 1.76. The Balaban J connectivity index is 2.09. The molecule has 9 heteroatoms. The number of carbonyl (C=O) groups excluding carboxylic acids is 3. The highest BCUT2D eigenvalue weighted by atomic mass is 16.5. The Labute approximate surface area is 163 Å². The van der Waals surface area contributed by atoms with Gasteiger partial charge in [-0.15, -0.1) is 0 Å². The first-order valence-electron chi connectivity index (χ1n) is 9.10. The molecule has 0 fully saturated rings. The topological polar surface area (TPSA) is 122 Å². The molecular formula is C19H25N5O4. The zero-order chi connectivity index (χ0) is 20.5. The van der Waals surface area contributed by atoms with Crippen LogP contribution in [0.1, 0.15) is 43.0 Å². The van der Waals surface area contributed by atoms with Crippen molar-refractivity contribution >= 4 is 18.2 Å². The van der Waals surface area contributed by atoms with E-state index in [1.54, 1.807) is 47.6 Å². The normalized spacial score (nSPS) is 11.7. The van der Waals surface area contributed by atoms with Gasteiger partial charge in [0.2, 0.25) is 12.3 Å². The van der Waals surface area contributed by atoms with Gasteiger partial charge in [0.15, 0.2) is 0 Å². The van der Waals surface area contributed by atoms with E-state index in [0.717, 1.165) is 24.9 Å². The van der Waals surface area contributed by atoms with Gasteiger partial charge in [-0.2, -0.15) is 0 Å². The Hall–Kier alpha value is -3.04. The van der Waals surface area contributed by atoms with E-state index in [2.05, 4.69) is 4.98 Å². The number of carbonyl (C=O) groups is 3. The molecule has 0 aliphatic rings. The molecule has 2 aromatic rings. The monoisotopic (exact) mass is 387 g/mol. The van der Waals surface area contributed by atoms with Gasteiger partial charge in [0.25, 0.3) is 5.91 Å². The number of hydrogen-bond acceptors (Lipinski definition) is 6. The Kier molecular flexibility index (Phi) is 7.85. The number of amides is 3. The van der Waals surface area contributed by atoms with Gasteiger partial charge in [-0.25, -0.2) is 20.9 Å². The largest absolute Gasteiger partial charge is 0.306 e. The number of benzene rings is 1. The van der Waals surface area contributed by atoms with Crippen LogP contribution < -0.4 is 5.84 Å². The van der Waals surface area contributed by atoms with Crippen LogP contribution >= 0.6 is 0 Å². The first kappa shape index (κ1) is 21.3. The van der Waals surface area contributed by atoms with E-state index in [1.165, 1.54) is 0 Å². The maximum atomic E-state index is 12.7. The first-order valence-corrected chi connectivity index (χ1v) is 9.10.